The molecule has 1 rings (SSSR count). The number of benzene rings is 1. The molecule has 0 radical (unpaired) electrons. The van der Waals surface area contributed by atoms with Gasteiger partial charge in [-0.2, -0.15) is 0 Å². The maximum atomic E-state index is 10.8. The van der Waals surface area contributed by atoms with Gasteiger partial charge < -0.3 is 0 Å². The van der Waals surface area contributed by atoms with Crippen LogP contribution in [0.25, 0.3) is 0 Å². The van der Waals surface area contributed by atoms with E-state index in [4.69, 9.17) is 0 Å². The van der Waals surface area contributed by atoms with Crippen molar-refractivity contribution in [2.24, 2.45) is 0 Å². The van der Waals surface area contributed by atoms with Crippen molar-refractivity contribution < 1.29 is 4.92 Å². The Balaban J connectivity index is 3.22. The second kappa shape index (κ2) is 7.36. The van der Waals surface area contributed by atoms with Crippen molar-refractivity contribution in [3.05, 3.63) is 71.8 Å². The molecule has 0 unspecified atom stereocenters. The highest BCUT2D eigenvalue weighted by molar-refractivity contribution is 6.74. The number of nitro benzene ring substituents is 1. The zero-order valence-corrected chi connectivity index (χ0v) is 11.0. The lowest BCUT2D eigenvalue weighted by Crippen LogP contribution is -2.31. The van der Waals surface area contributed by atoms with Gasteiger partial charge in [0.15, 0.2) is 6.71 Å². The third-order valence-corrected chi connectivity index (χ3v) is 3.04. The summed E-state index contributed by atoms with van der Waals surface area (Å²) in [7, 11) is 0. The Morgan fingerprint density at radius 3 is 2.26 bits per heavy atom. The fourth-order valence-electron chi connectivity index (χ4n) is 2.19. The molecule has 0 amide bonds. The predicted molar refractivity (Wildman–Crippen MR) is 82.4 cm³/mol. The Morgan fingerprint density at radius 2 is 1.79 bits per heavy atom. The van der Waals surface area contributed by atoms with Crippen LogP contribution >= 0.6 is 0 Å². The molecule has 0 saturated heterocycles. The van der Waals surface area contributed by atoms with E-state index < -0.39 is 0 Å². The lowest BCUT2D eigenvalue weighted by atomic mass is 9.40. The van der Waals surface area contributed by atoms with E-state index in [1.807, 2.05) is 18.2 Å². The average Bonchev–Trinajstić information content (AvgIpc) is 2.39. The first kappa shape index (κ1) is 15.0. The van der Waals surface area contributed by atoms with Crippen LogP contribution in [0.5, 0.6) is 0 Å². The van der Waals surface area contributed by atoms with Crippen molar-refractivity contribution in [2.45, 2.75) is 19.1 Å². The highest BCUT2D eigenvalue weighted by Crippen LogP contribution is 2.15. The quantitative estimate of drug-likeness (QED) is 0.309. The molecule has 0 fully saturated rings. The Bertz CT molecular complexity index is 487. The molecule has 0 heterocycles. The van der Waals surface area contributed by atoms with E-state index in [0.717, 1.165) is 23.7 Å². The molecule has 0 aliphatic carbocycles. The first-order valence-corrected chi connectivity index (χ1v) is 6.24. The van der Waals surface area contributed by atoms with E-state index in [-0.39, 0.29) is 17.3 Å². The van der Waals surface area contributed by atoms with Gasteiger partial charge in [0.1, 0.15) is 0 Å². The van der Waals surface area contributed by atoms with Crippen LogP contribution in [0, 0.1) is 10.1 Å². The van der Waals surface area contributed by atoms with Gasteiger partial charge in [-0.1, -0.05) is 42.4 Å². The number of nitro groups is 1. The molecule has 0 saturated carbocycles. The van der Waals surface area contributed by atoms with E-state index in [9.17, 15) is 10.1 Å². The molecule has 0 N–H and O–H groups in total. The smallest absolute Gasteiger partial charge is 0.258 e. The van der Waals surface area contributed by atoms with Gasteiger partial charge in [-0.15, -0.1) is 19.7 Å². The van der Waals surface area contributed by atoms with Crippen LogP contribution in [0.15, 0.2) is 56.2 Å². The summed E-state index contributed by atoms with van der Waals surface area (Å²) in [6.07, 6.45) is 7.78. The van der Waals surface area contributed by atoms with Crippen molar-refractivity contribution in [3.63, 3.8) is 0 Å². The van der Waals surface area contributed by atoms with Crippen LogP contribution in [0.2, 0.25) is 12.6 Å². The second-order valence-corrected chi connectivity index (χ2v) is 4.38. The minimum atomic E-state index is -0.369. The van der Waals surface area contributed by atoms with Crippen LogP contribution in [-0.4, -0.2) is 11.6 Å². The Labute approximate surface area is 114 Å². The van der Waals surface area contributed by atoms with Gasteiger partial charge in [-0.25, -0.2) is 0 Å². The first-order valence-electron chi connectivity index (χ1n) is 6.24. The number of hydrogen-bond donors (Lipinski definition) is 0. The predicted octanol–water partition coefficient (Wildman–Crippen LogP) is 3.40. The van der Waals surface area contributed by atoms with E-state index in [0.29, 0.717) is 6.42 Å². The normalized spacial score (nSPS) is 9.68. The molecule has 4 heteroatoms. The molecule has 0 bridgehead atoms. The molecule has 0 atom stereocenters. The van der Waals surface area contributed by atoms with Crippen molar-refractivity contribution in [1.29, 1.82) is 0 Å². The van der Waals surface area contributed by atoms with Gasteiger partial charge >= 0.3 is 0 Å². The third kappa shape index (κ3) is 3.95. The molecule has 3 nitrogen and oxygen atoms in total. The number of rotatable bonds is 8. The highest BCUT2D eigenvalue weighted by atomic mass is 16.6. The summed E-state index contributed by atoms with van der Waals surface area (Å²) in [6.45, 7) is 11.5. The number of hydrogen-bond acceptors (Lipinski definition) is 2. The standard InChI is InChI=1S/C15H18BNO2/c1-4-7-13-12-14(17(18)19)8-9-15(13)16(10-5-2)11-6-3/h4-6,8-9,12H,1-3,7,10-11H2. The molecule has 0 aliphatic heterocycles. The lowest BCUT2D eigenvalue weighted by Gasteiger charge is -2.14. The molecule has 0 aliphatic rings. The minimum absolute atomic E-state index is 0.122. The molecule has 98 valence electrons. The van der Waals surface area contributed by atoms with Crippen molar-refractivity contribution in [2.75, 3.05) is 0 Å². The maximum Gasteiger partial charge on any atom is 0.269 e. The van der Waals surface area contributed by atoms with Crippen LogP contribution in [0.1, 0.15) is 5.56 Å². The molecule has 0 aromatic heterocycles. The third-order valence-electron chi connectivity index (χ3n) is 3.04. The SMILES string of the molecule is C=CCB(CC=C)c1ccc([N+](=O)[O-])cc1CC=C. The van der Waals surface area contributed by atoms with Gasteiger partial charge in [0, 0.05) is 12.1 Å². The van der Waals surface area contributed by atoms with Gasteiger partial charge in [0.05, 0.1) is 4.92 Å². The van der Waals surface area contributed by atoms with Crippen molar-refractivity contribution in [1.82, 2.24) is 0 Å². The number of non-ortho nitro benzene ring substituents is 1. The van der Waals surface area contributed by atoms with E-state index in [1.165, 1.54) is 0 Å². The zero-order valence-electron chi connectivity index (χ0n) is 11.0. The monoisotopic (exact) mass is 255 g/mol. The summed E-state index contributed by atoms with van der Waals surface area (Å²) in [5, 5.41) is 10.8. The zero-order chi connectivity index (χ0) is 14.3. The van der Waals surface area contributed by atoms with E-state index >= 15 is 0 Å². The summed E-state index contributed by atoms with van der Waals surface area (Å²) in [4.78, 5) is 10.5. The lowest BCUT2D eigenvalue weighted by molar-refractivity contribution is -0.384. The van der Waals surface area contributed by atoms with Crippen LogP contribution in [0.4, 0.5) is 5.69 Å². The van der Waals surface area contributed by atoms with Crippen LogP contribution in [-0.2, 0) is 6.42 Å². The van der Waals surface area contributed by atoms with Crippen LogP contribution < -0.4 is 5.46 Å². The second-order valence-electron chi connectivity index (χ2n) is 4.38. The van der Waals surface area contributed by atoms with Crippen LogP contribution in [0.3, 0.4) is 0 Å². The molecule has 19 heavy (non-hydrogen) atoms. The fraction of sp³-hybridized carbons (Fsp3) is 0.200. The van der Waals surface area contributed by atoms with E-state index in [2.05, 4.69) is 19.7 Å². The molecular formula is C15H18BNO2. The molecule has 1 aromatic rings. The summed E-state index contributed by atoms with van der Waals surface area (Å²) < 4.78 is 0. The van der Waals surface area contributed by atoms with E-state index in [1.54, 1.807) is 18.2 Å². The molecule has 1 aromatic carbocycles. The van der Waals surface area contributed by atoms with Crippen molar-refractivity contribution >= 4 is 17.9 Å². The highest BCUT2D eigenvalue weighted by Gasteiger charge is 2.18. The molecule has 0 spiro atoms. The van der Waals surface area contributed by atoms with Crippen molar-refractivity contribution in [3.8, 4) is 0 Å². The Morgan fingerprint density at radius 1 is 1.16 bits per heavy atom. The topological polar surface area (TPSA) is 43.1 Å². The Kier molecular flexibility index (Phi) is 5.80. The number of nitrogens with zero attached hydrogens (tertiary/aromatic N) is 1. The van der Waals surface area contributed by atoms with Gasteiger partial charge in [-0.3, -0.25) is 10.1 Å². The minimum Gasteiger partial charge on any atom is -0.258 e. The first-order chi connectivity index (χ1) is 9.13. The fourth-order valence-corrected chi connectivity index (χ4v) is 2.19. The summed E-state index contributed by atoms with van der Waals surface area (Å²) in [5.41, 5.74) is 2.19. The van der Waals surface area contributed by atoms with Gasteiger partial charge in [-0.05, 0) is 12.0 Å². The largest absolute Gasteiger partial charge is 0.269 e. The summed E-state index contributed by atoms with van der Waals surface area (Å²) >= 11 is 0. The Hall–Kier alpha value is -2.10. The summed E-state index contributed by atoms with van der Waals surface area (Å²) in [5.74, 6) is 0. The van der Waals surface area contributed by atoms with Gasteiger partial charge in [0.25, 0.3) is 5.69 Å². The molecular weight excluding hydrogens is 237 g/mol. The maximum absolute atomic E-state index is 10.8. The van der Waals surface area contributed by atoms with Gasteiger partial charge in [0.2, 0.25) is 0 Å². The number of allylic oxidation sites excluding steroid dienone is 3. The average molecular weight is 255 g/mol. The summed E-state index contributed by atoms with van der Waals surface area (Å²) in [6, 6.07) is 5.03.